The summed E-state index contributed by atoms with van der Waals surface area (Å²) in [5.74, 6) is -5.35. The van der Waals surface area contributed by atoms with Gasteiger partial charge in [-0.05, 0) is 31.5 Å². The summed E-state index contributed by atoms with van der Waals surface area (Å²) in [5.41, 5.74) is 1.74. The molecular weight excluding hydrogens is 448 g/mol. The maximum atomic E-state index is 13.1. The van der Waals surface area contributed by atoms with E-state index in [-0.39, 0.29) is 37.1 Å². The SMILES string of the molecule is Cc1cc(CN2Cc3c(ccnc3C(=O)NCC(C)O)C2=O)cnc1OCC(F)(F)C(F)F. The van der Waals surface area contributed by atoms with E-state index in [1.165, 1.54) is 37.2 Å². The van der Waals surface area contributed by atoms with Gasteiger partial charge >= 0.3 is 12.3 Å². The zero-order valence-electron chi connectivity index (χ0n) is 17.8. The van der Waals surface area contributed by atoms with Crippen molar-refractivity contribution in [2.24, 2.45) is 0 Å². The maximum Gasteiger partial charge on any atom is 0.340 e. The molecule has 2 amide bonds. The number of hydrogen-bond acceptors (Lipinski definition) is 6. The van der Waals surface area contributed by atoms with Gasteiger partial charge in [0.05, 0.1) is 6.10 Å². The number of nitrogens with one attached hydrogen (secondary N) is 1. The second-order valence-corrected chi connectivity index (χ2v) is 7.72. The average Bonchev–Trinajstić information content (AvgIpc) is 3.06. The first-order valence-corrected chi connectivity index (χ1v) is 9.97. The molecule has 33 heavy (non-hydrogen) atoms. The standard InChI is InChI=1S/C21H22F4N4O4/c1-11-5-13(7-28-18(11)33-10-21(24,25)20(22)23)8-29-9-15-14(19(29)32)3-4-26-16(15)17(31)27-6-12(2)30/h3-5,7,12,20,30H,6,8-10H2,1-2H3,(H,27,31). The number of fused-ring (bicyclic) bond motifs is 1. The van der Waals surface area contributed by atoms with Crippen LogP contribution in [-0.2, 0) is 13.1 Å². The van der Waals surface area contributed by atoms with Crippen LogP contribution in [0.4, 0.5) is 17.6 Å². The maximum absolute atomic E-state index is 13.1. The van der Waals surface area contributed by atoms with Gasteiger partial charge in [0.1, 0.15) is 5.69 Å². The molecule has 1 unspecified atom stereocenters. The van der Waals surface area contributed by atoms with E-state index < -0.39 is 31.0 Å². The van der Waals surface area contributed by atoms with Crippen LogP contribution in [0.3, 0.4) is 0 Å². The fraction of sp³-hybridized carbons (Fsp3) is 0.429. The smallest absolute Gasteiger partial charge is 0.340 e. The number of hydrogen-bond donors (Lipinski definition) is 2. The Morgan fingerprint density at radius 3 is 2.73 bits per heavy atom. The zero-order chi connectivity index (χ0) is 24.3. The quantitative estimate of drug-likeness (QED) is 0.546. The fourth-order valence-corrected chi connectivity index (χ4v) is 3.24. The summed E-state index contributed by atoms with van der Waals surface area (Å²) in [5, 5.41) is 11.9. The molecule has 0 radical (unpaired) electrons. The highest BCUT2D eigenvalue weighted by Gasteiger charge is 2.42. The number of rotatable bonds is 9. The lowest BCUT2D eigenvalue weighted by Gasteiger charge is -2.18. The van der Waals surface area contributed by atoms with E-state index in [9.17, 15) is 32.3 Å². The molecule has 2 N–H and O–H groups in total. The number of aromatic nitrogens is 2. The van der Waals surface area contributed by atoms with E-state index in [1.54, 1.807) is 6.07 Å². The molecule has 0 bridgehead atoms. The van der Waals surface area contributed by atoms with Gasteiger partial charge in [-0.25, -0.2) is 13.8 Å². The summed E-state index contributed by atoms with van der Waals surface area (Å²) >= 11 is 0. The molecule has 2 aromatic heterocycles. The van der Waals surface area contributed by atoms with E-state index in [4.69, 9.17) is 4.74 Å². The number of aliphatic hydroxyl groups excluding tert-OH is 1. The molecule has 0 saturated carbocycles. The number of carbonyl (C=O) groups is 2. The molecule has 0 aliphatic carbocycles. The number of alkyl halides is 4. The third kappa shape index (κ3) is 5.56. The van der Waals surface area contributed by atoms with Gasteiger partial charge in [0, 0.05) is 48.7 Å². The van der Waals surface area contributed by atoms with E-state index in [2.05, 4.69) is 15.3 Å². The van der Waals surface area contributed by atoms with Crippen LogP contribution in [0.5, 0.6) is 5.88 Å². The molecule has 2 aromatic rings. The number of amides is 2. The zero-order valence-corrected chi connectivity index (χ0v) is 17.8. The fourth-order valence-electron chi connectivity index (χ4n) is 3.24. The first-order chi connectivity index (χ1) is 15.5. The van der Waals surface area contributed by atoms with Gasteiger partial charge in [-0.15, -0.1) is 0 Å². The first kappa shape index (κ1) is 24.4. The second kappa shape index (κ2) is 9.69. The molecule has 178 valence electrons. The van der Waals surface area contributed by atoms with Crippen molar-refractivity contribution in [3.63, 3.8) is 0 Å². The van der Waals surface area contributed by atoms with Crippen LogP contribution in [0.15, 0.2) is 24.5 Å². The average molecular weight is 470 g/mol. The molecule has 0 spiro atoms. The molecule has 3 heterocycles. The van der Waals surface area contributed by atoms with Gasteiger partial charge < -0.3 is 20.1 Å². The highest BCUT2D eigenvalue weighted by Crippen LogP contribution is 2.28. The van der Waals surface area contributed by atoms with Crippen LogP contribution < -0.4 is 10.1 Å². The molecule has 0 aromatic carbocycles. The van der Waals surface area contributed by atoms with E-state index in [0.29, 0.717) is 22.3 Å². The van der Waals surface area contributed by atoms with Crippen LogP contribution in [0.2, 0.25) is 0 Å². The summed E-state index contributed by atoms with van der Waals surface area (Å²) in [4.78, 5) is 34.6. The predicted octanol–water partition coefficient (Wildman–Crippen LogP) is 2.33. The second-order valence-electron chi connectivity index (χ2n) is 7.72. The predicted molar refractivity (Wildman–Crippen MR) is 107 cm³/mol. The molecule has 1 aliphatic rings. The number of aliphatic hydroxyl groups is 1. The highest BCUT2D eigenvalue weighted by atomic mass is 19.3. The minimum Gasteiger partial charge on any atom is -0.471 e. The Morgan fingerprint density at radius 2 is 2.09 bits per heavy atom. The Labute approximate surface area is 186 Å². The number of pyridine rings is 2. The Bertz CT molecular complexity index is 1050. The molecule has 8 nitrogen and oxygen atoms in total. The monoisotopic (exact) mass is 470 g/mol. The Balaban J connectivity index is 1.70. The number of ether oxygens (including phenoxy) is 1. The molecule has 0 saturated heterocycles. The van der Waals surface area contributed by atoms with Crippen molar-refractivity contribution in [1.82, 2.24) is 20.2 Å². The Hall–Kier alpha value is -3.28. The molecule has 1 atom stereocenters. The van der Waals surface area contributed by atoms with Crippen molar-refractivity contribution >= 4 is 11.8 Å². The van der Waals surface area contributed by atoms with Crippen LogP contribution in [0.1, 0.15) is 44.5 Å². The van der Waals surface area contributed by atoms with Crippen molar-refractivity contribution in [2.45, 2.75) is 45.4 Å². The highest BCUT2D eigenvalue weighted by molar-refractivity contribution is 6.03. The van der Waals surface area contributed by atoms with Crippen molar-refractivity contribution < 1.29 is 37.0 Å². The van der Waals surface area contributed by atoms with E-state index in [1.807, 2.05) is 0 Å². The lowest BCUT2D eigenvalue weighted by Crippen LogP contribution is -2.34. The van der Waals surface area contributed by atoms with Crippen molar-refractivity contribution in [1.29, 1.82) is 0 Å². The van der Waals surface area contributed by atoms with Crippen molar-refractivity contribution in [2.75, 3.05) is 13.2 Å². The van der Waals surface area contributed by atoms with E-state index >= 15 is 0 Å². The molecule has 0 fully saturated rings. The summed E-state index contributed by atoms with van der Waals surface area (Å²) in [6.45, 7) is 1.77. The number of carbonyl (C=O) groups excluding carboxylic acids is 2. The summed E-state index contributed by atoms with van der Waals surface area (Å²) < 4.78 is 55.5. The lowest BCUT2D eigenvalue weighted by molar-refractivity contribution is -0.148. The molecule has 1 aliphatic heterocycles. The van der Waals surface area contributed by atoms with Gasteiger partial charge in [-0.2, -0.15) is 8.78 Å². The Morgan fingerprint density at radius 1 is 1.36 bits per heavy atom. The topological polar surface area (TPSA) is 105 Å². The number of aryl methyl sites for hydroxylation is 1. The molecular formula is C21H22F4N4O4. The van der Waals surface area contributed by atoms with Gasteiger partial charge in [0.25, 0.3) is 11.8 Å². The number of nitrogens with zero attached hydrogens (tertiary/aromatic N) is 3. The minimum atomic E-state index is -4.30. The van der Waals surface area contributed by atoms with E-state index in [0.717, 1.165) is 0 Å². The van der Waals surface area contributed by atoms with Crippen molar-refractivity contribution in [3.8, 4) is 5.88 Å². The molecule has 12 heteroatoms. The van der Waals surface area contributed by atoms with Crippen LogP contribution in [0, 0.1) is 6.92 Å². The third-order valence-corrected chi connectivity index (χ3v) is 4.88. The summed E-state index contributed by atoms with van der Waals surface area (Å²) in [6.07, 6.45) is -1.94. The van der Waals surface area contributed by atoms with Crippen LogP contribution >= 0.6 is 0 Å². The molecule has 3 rings (SSSR count). The minimum absolute atomic E-state index is 0.0322. The van der Waals surface area contributed by atoms with Gasteiger partial charge in [0.2, 0.25) is 5.88 Å². The van der Waals surface area contributed by atoms with Crippen LogP contribution in [-0.4, -0.2) is 63.4 Å². The van der Waals surface area contributed by atoms with Gasteiger partial charge in [-0.3, -0.25) is 14.6 Å². The Kier molecular flexibility index (Phi) is 7.15. The first-order valence-electron chi connectivity index (χ1n) is 9.97. The summed E-state index contributed by atoms with van der Waals surface area (Å²) in [6, 6.07) is 3.06. The lowest BCUT2D eigenvalue weighted by atomic mass is 10.1. The normalized spacial score (nSPS) is 14.4. The van der Waals surface area contributed by atoms with Gasteiger partial charge in [-0.1, -0.05) is 0 Å². The third-order valence-electron chi connectivity index (χ3n) is 4.88. The number of halogens is 4. The van der Waals surface area contributed by atoms with Gasteiger partial charge in [0.15, 0.2) is 6.61 Å². The summed E-state index contributed by atoms with van der Waals surface area (Å²) in [7, 11) is 0. The largest absolute Gasteiger partial charge is 0.471 e. The van der Waals surface area contributed by atoms with Crippen molar-refractivity contribution in [3.05, 3.63) is 52.5 Å². The van der Waals surface area contributed by atoms with Crippen LogP contribution in [0.25, 0.3) is 0 Å².